The van der Waals surface area contributed by atoms with Crippen LogP contribution in [0.5, 0.6) is 0 Å². The summed E-state index contributed by atoms with van der Waals surface area (Å²) >= 11 is 1.15. The van der Waals surface area contributed by atoms with E-state index in [9.17, 15) is 9.59 Å². The van der Waals surface area contributed by atoms with Crippen molar-refractivity contribution in [3.05, 3.63) is 29.3 Å². The van der Waals surface area contributed by atoms with E-state index in [0.717, 1.165) is 11.3 Å². The second kappa shape index (κ2) is 6.49. The van der Waals surface area contributed by atoms with Gasteiger partial charge in [0.15, 0.2) is 16.6 Å². The van der Waals surface area contributed by atoms with Crippen LogP contribution in [0.25, 0.3) is 0 Å². The number of carbonyl (C=O) groups is 2. The van der Waals surface area contributed by atoms with E-state index in [2.05, 4.69) is 20.0 Å². The number of hydrogen-bond acceptors (Lipinski definition) is 7. The Kier molecular flexibility index (Phi) is 4.69. The van der Waals surface area contributed by atoms with Gasteiger partial charge in [-0.3, -0.25) is 4.79 Å². The van der Waals surface area contributed by atoms with E-state index < -0.39 is 5.97 Å². The molecule has 0 aliphatic carbocycles. The van der Waals surface area contributed by atoms with E-state index in [-0.39, 0.29) is 17.5 Å². The van der Waals surface area contributed by atoms with E-state index in [1.807, 2.05) is 17.7 Å². The quantitative estimate of drug-likeness (QED) is 0.647. The van der Waals surface area contributed by atoms with Crippen LogP contribution in [0.4, 0.5) is 5.13 Å². The molecule has 2 aromatic heterocycles. The Morgan fingerprint density at radius 2 is 2.29 bits per heavy atom. The monoisotopic (exact) mass is 308 g/mol. The minimum atomic E-state index is -0.605. The molecule has 2 heterocycles. The van der Waals surface area contributed by atoms with Gasteiger partial charge in [0.25, 0.3) is 0 Å². The molecule has 0 aromatic carbocycles. The van der Waals surface area contributed by atoms with E-state index in [0.29, 0.717) is 16.6 Å². The van der Waals surface area contributed by atoms with Gasteiger partial charge in [-0.05, 0) is 6.92 Å². The highest BCUT2D eigenvalue weighted by Gasteiger charge is 2.22. The summed E-state index contributed by atoms with van der Waals surface area (Å²) < 4.78 is 6.57. The van der Waals surface area contributed by atoms with Crippen molar-refractivity contribution in [3.8, 4) is 0 Å². The van der Waals surface area contributed by atoms with Crippen LogP contribution in [0.15, 0.2) is 18.7 Å². The van der Waals surface area contributed by atoms with Crippen molar-refractivity contribution in [1.29, 1.82) is 0 Å². The number of nitrogens with one attached hydrogen (secondary N) is 1. The van der Waals surface area contributed by atoms with Crippen molar-refractivity contribution in [2.75, 3.05) is 12.4 Å². The molecule has 0 amide bonds. The number of aromatic nitrogens is 3. The van der Waals surface area contributed by atoms with Gasteiger partial charge in [0.1, 0.15) is 4.88 Å². The molecule has 0 aliphatic heterocycles. The first-order chi connectivity index (χ1) is 10.0. The van der Waals surface area contributed by atoms with Crippen molar-refractivity contribution < 1.29 is 14.3 Å². The number of ether oxygens (including phenoxy) is 1. The molecular weight excluding hydrogens is 292 g/mol. The minimum Gasteiger partial charge on any atom is -0.464 e. The highest BCUT2D eigenvalue weighted by atomic mass is 32.1. The maximum atomic E-state index is 11.6. The molecule has 1 atom stereocenters. The van der Waals surface area contributed by atoms with Gasteiger partial charge in [0.2, 0.25) is 0 Å². The van der Waals surface area contributed by atoms with Gasteiger partial charge >= 0.3 is 5.97 Å². The molecule has 2 aromatic rings. The summed E-state index contributed by atoms with van der Waals surface area (Å²) in [5, 5.41) is 3.70. The van der Waals surface area contributed by atoms with Crippen molar-refractivity contribution in [2.45, 2.75) is 26.4 Å². The molecular formula is C13H16N4O3S. The molecule has 0 spiro atoms. The number of rotatable bonds is 6. The van der Waals surface area contributed by atoms with Crippen LogP contribution >= 0.6 is 11.3 Å². The number of Topliss-reactive ketones (excluding diaryl/α,β-unsaturated/α-hetero) is 1. The predicted molar refractivity (Wildman–Crippen MR) is 78.8 cm³/mol. The molecule has 0 aliphatic rings. The lowest BCUT2D eigenvalue weighted by Gasteiger charge is -2.12. The number of hydrogen-bond donors (Lipinski definition) is 1. The fourth-order valence-electron chi connectivity index (χ4n) is 1.82. The van der Waals surface area contributed by atoms with Crippen LogP contribution < -0.4 is 5.32 Å². The number of ketones is 1. The molecule has 1 N–H and O–H groups in total. The first-order valence-corrected chi connectivity index (χ1v) is 7.15. The maximum absolute atomic E-state index is 11.6. The van der Waals surface area contributed by atoms with E-state index in [1.54, 1.807) is 12.5 Å². The van der Waals surface area contributed by atoms with Gasteiger partial charge < -0.3 is 14.6 Å². The zero-order chi connectivity index (χ0) is 15.4. The number of thiazole rings is 1. The molecule has 21 heavy (non-hydrogen) atoms. The Morgan fingerprint density at radius 3 is 2.86 bits per heavy atom. The van der Waals surface area contributed by atoms with Gasteiger partial charge in [-0.15, -0.1) is 0 Å². The number of nitrogens with zero attached hydrogens (tertiary/aromatic N) is 3. The predicted octanol–water partition coefficient (Wildman–Crippen LogP) is 1.83. The smallest absolute Gasteiger partial charge is 0.358 e. The lowest BCUT2D eigenvalue weighted by atomic mass is 10.3. The van der Waals surface area contributed by atoms with Crippen LogP contribution in [0, 0.1) is 0 Å². The van der Waals surface area contributed by atoms with Crippen molar-refractivity contribution >= 4 is 28.2 Å². The van der Waals surface area contributed by atoms with Gasteiger partial charge in [0, 0.05) is 31.9 Å². The Balaban J connectivity index is 2.13. The van der Waals surface area contributed by atoms with Gasteiger partial charge in [-0.25, -0.2) is 14.8 Å². The van der Waals surface area contributed by atoms with Crippen LogP contribution in [0.2, 0.25) is 0 Å². The summed E-state index contributed by atoms with van der Waals surface area (Å²) in [6, 6.07) is 0.0654. The van der Waals surface area contributed by atoms with E-state index in [4.69, 9.17) is 0 Å². The standard InChI is InChI=1S/C13H16N4O3S/c1-8(6-17-5-4-14-7-17)15-13-16-10(12(19)20-3)11(21-13)9(2)18/h4-5,7-8H,6H2,1-3H3,(H,15,16). The SMILES string of the molecule is COC(=O)c1nc(NC(C)Cn2ccnc2)sc1C(C)=O. The molecule has 0 saturated carbocycles. The van der Waals surface area contributed by atoms with Gasteiger partial charge in [-0.1, -0.05) is 11.3 Å². The third-order valence-corrected chi connectivity index (χ3v) is 3.83. The Morgan fingerprint density at radius 1 is 1.52 bits per heavy atom. The molecule has 0 fully saturated rings. The average Bonchev–Trinajstić information content (AvgIpc) is 3.07. The minimum absolute atomic E-state index is 0.0623. The number of imidazole rings is 1. The Labute approximate surface area is 126 Å². The summed E-state index contributed by atoms with van der Waals surface area (Å²) in [6.07, 6.45) is 5.29. The first-order valence-electron chi connectivity index (χ1n) is 6.33. The van der Waals surface area contributed by atoms with Crippen molar-refractivity contribution in [1.82, 2.24) is 14.5 Å². The lowest BCUT2D eigenvalue weighted by Crippen LogP contribution is -2.21. The second-order valence-electron chi connectivity index (χ2n) is 4.55. The first kappa shape index (κ1) is 15.2. The average molecular weight is 308 g/mol. The third kappa shape index (κ3) is 3.66. The van der Waals surface area contributed by atoms with Crippen molar-refractivity contribution in [2.24, 2.45) is 0 Å². The fourth-order valence-corrected chi connectivity index (χ4v) is 2.78. The highest BCUT2D eigenvalue weighted by Crippen LogP contribution is 2.25. The van der Waals surface area contributed by atoms with Gasteiger partial charge in [0.05, 0.1) is 13.4 Å². The number of anilines is 1. The summed E-state index contributed by atoms with van der Waals surface area (Å²) in [7, 11) is 1.26. The molecule has 112 valence electrons. The van der Waals surface area contributed by atoms with Crippen LogP contribution in [0.1, 0.15) is 34.0 Å². The Hall–Kier alpha value is -2.22. The van der Waals surface area contributed by atoms with Crippen LogP contribution in [-0.4, -0.2) is 39.4 Å². The number of carbonyl (C=O) groups excluding carboxylic acids is 2. The van der Waals surface area contributed by atoms with Crippen LogP contribution in [-0.2, 0) is 11.3 Å². The summed E-state index contributed by atoms with van der Waals surface area (Å²) in [4.78, 5) is 31.6. The van der Waals surface area contributed by atoms with Gasteiger partial charge in [-0.2, -0.15) is 0 Å². The largest absolute Gasteiger partial charge is 0.464 e. The molecule has 0 bridgehead atoms. The highest BCUT2D eigenvalue weighted by molar-refractivity contribution is 7.17. The summed E-state index contributed by atoms with van der Waals surface area (Å²) in [6.45, 7) is 4.08. The zero-order valence-electron chi connectivity index (χ0n) is 12.0. The second-order valence-corrected chi connectivity index (χ2v) is 5.55. The normalized spacial score (nSPS) is 12.0. The van der Waals surface area contributed by atoms with E-state index >= 15 is 0 Å². The maximum Gasteiger partial charge on any atom is 0.358 e. The third-order valence-electron chi connectivity index (χ3n) is 2.74. The molecule has 0 radical (unpaired) electrons. The van der Waals surface area contributed by atoms with E-state index in [1.165, 1.54) is 14.0 Å². The Bertz CT molecular complexity index is 636. The summed E-state index contributed by atoms with van der Waals surface area (Å²) in [5.41, 5.74) is 0.0623. The zero-order valence-corrected chi connectivity index (χ0v) is 12.8. The number of esters is 1. The van der Waals surface area contributed by atoms with Crippen molar-refractivity contribution in [3.63, 3.8) is 0 Å². The molecule has 1 unspecified atom stereocenters. The molecule has 8 heteroatoms. The summed E-state index contributed by atoms with van der Waals surface area (Å²) in [5.74, 6) is -0.810. The lowest BCUT2D eigenvalue weighted by molar-refractivity contribution is 0.0591. The molecule has 2 rings (SSSR count). The fraction of sp³-hybridized carbons (Fsp3) is 0.385. The molecule has 7 nitrogen and oxygen atoms in total. The van der Waals surface area contributed by atoms with Crippen LogP contribution in [0.3, 0.4) is 0 Å². The number of methoxy groups -OCH3 is 1. The molecule has 0 saturated heterocycles. The topological polar surface area (TPSA) is 86.1 Å².